The van der Waals surface area contributed by atoms with Crippen molar-refractivity contribution in [1.82, 2.24) is 0 Å². The Morgan fingerprint density at radius 1 is 1.12 bits per heavy atom. The predicted molar refractivity (Wildman–Crippen MR) is 108 cm³/mol. The normalized spacial score (nSPS) is 16.6. The van der Waals surface area contributed by atoms with E-state index in [-0.39, 0.29) is 12.1 Å². The van der Waals surface area contributed by atoms with Gasteiger partial charge in [0.25, 0.3) is 0 Å². The van der Waals surface area contributed by atoms with Crippen molar-refractivity contribution in [3.63, 3.8) is 0 Å². The third kappa shape index (κ3) is 5.23. The predicted octanol–water partition coefficient (Wildman–Crippen LogP) is 4.88. The van der Waals surface area contributed by atoms with Crippen LogP contribution in [0.25, 0.3) is 10.8 Å². The van der Waals surface area contributed by atoms with Gasteiger partial charge in [0.1, 0.15) is 6.10 Å². The van der Waals surface area contributed by atoms with Crippen LogP contribution in [0.15, 0.2) is 59.5 Å². The van der Waals surface area contributed by atoms with Crippen molar-refractivity contribution in [2.24, 2.45) is 0 Å². The van der Waals surface area contributed by atoms with Crippen molar-refractivity contribution in [2.45, 2.75) is 11.0 Å². The summed E-state index contributed by atoms with van der Waals surface area (Å²) in [6.07, 6.45) is 0.0119. The highest BCUT2D eigenvalue weighted by Gasteiger charge is 2.17. The molecule has 0 N–H and O–H groups in total. The number of carbonyl (C=O) groups excluding carboxylic acids is 1. The molecule has 0 radical (unpaired) electrons. The minimum Gasteiger partial charge on any atom is -0.460 e. The van der Waals surface area contributed by atoms with Crippen molar-refractivity contribution in [1.29, 1.82) is 0 Å². The van der Waals surface area contributed by atoms with E-state index in [0.717, 1.165) is 27.9 Å². The van der Waals surface area contributed by atoms with Gasteiger partial charge in [-0.3, -0.25) is 4.79 Å². The van der Waals surface area contributed by atoms with E-state index in [0.29, 0.717) is 5.75 Å². The third-order valence-corrected chi connectivity index (χ3v) is 7.00. The SMILES string of the molecule is C=C1CSCC(OC(=O)CSc2ccc3ccccc3c2)CSC1. The van der Waals surface area contributed by atoms with E-state index in [2.05, 4.69) is 36.9 Å². The minimum absolute atomic E-state index is 0.0119. The summed E-state index contributed by atoms with van der Waals surface area (Å²) >= 11 is 5.15. The lowest BCUT2D eigenvalue weighted by Gasteiger charge is -2.20. The molecule has 3 rings (SSSR count). The van der Waals surface area contributed by atoms with Crippen molar-refractivity contribution >= 4 is 52.0 Å². The average molecular weight is 377 g/mol. The van der Waals surface area contributed by atoms with E-state index < -0.39 is 0 Å². The van der Waals surface area contributed by atoms with Gasteiger partial charge < -0.3 is 4.74 Å². The van der Waals surface area contributed by atoms with E-state index >= 15 is 0 Å². The molecule has 0 bridgehead atoms. The van der Waals surface area contributed by atoms with Crippen LogP contribution in [0.2, 0.25) is 0 Å². The Labute approximate surface area is 155 Å². The van der Waals surface area contributed by atoms with Crippen molar-refractivity contribution < 1.29 is 9.53 Å². The lowest BCUT2D eigenvalue weighted by molar-refractivity contribution is -0.143. The van der Waals surface area contributed by atoms with Gasteiger partial charge in [-0.25, -0.2) is 0 Å². The molecule has 1 fully saturated rings. The Hall–Kier alpha value is -1.04. The highest BCUT2D eigenvalue weighted by atomic mass is 32.2. The fourth-order valence-electron chi connectivity index (χ4n) is 2.45. The first kappa shape index (κ1) is 17.8. The van der Waals surface area contributed by atoms with E-state index in [9.17, 15) is 4.79 Å². The summed E-state index contributed by atoms with van der Waals surface area (Å²) in [5.74, 6) is 3.88. The van der Waals surface area contributed by atoms with Gasteiger partial charge in [-0.15, -0.1) is 11.8 Å². The molecule has 0 saturated carbocycles. The molecular formula is C19H20O2S3. The van der Waals surface area contributed by atoms with Gasteiger partial charge >= 0.3 is 5.97 Å². The van der Waals surface area contributed by atoms with Gasteiger partial charge in [-0.1, -0.05) is 42.5 Å². The number of esters is 1. The third-order valence-electron chi connectivity index (χ3n) is 3.60. The number of fused-ring (bicyclic) bond motifs is 1. The maximum Gasteiger partial charge on any atom is 0.316 e. The molecule has 126 valence electrons. The molecule has 1 aliphatic rings. The Bertz CT molecular complexity index is 717. The molecule has 2 aromatic carbocycles. The molecular weight excluding hydrogens is 356 g/mol. The largest absolute Gasteiger partial charge is 0.460 e. The van der Waals surface area contributed by atoms with Crippen LogP contribution in [-0.4, -0.2) is 40.8 Å². The molecule has 0 aromatic heterocycles. The highest BCUT2D eigenvalue weighted by molar-refractivity contribution is 8.01. The molecule has 2 nitrogen and oxygen atoms in total. The number of ether oxygens (including phenoxy) is 1. The zero-order valence-electron chi connectivity index (χ0n) is 13.4. The second-order valence-corrected chi connectivity index (χ2v) is 8.80. The Kier molecular flexibility index (Phi) is 6.58. The number of thioether (sulfide) groups is 3. The molecule has 1 saturated heterocycles. The first-order valence-corrected chi connectivity index (χ1v) is 11.1. The van der Waals surface area contributed by atoms with Gasteiger partial charge in [0.15, 0.2) is 0 Å². The molecule has 1 aliphatic heterocycles. The summed E-state index contributed by atoms with van der Waals surface area (Å²) in [5, 5.41) is 2.42. The number of carbonyl (C=O) groups is 1. The summed E-state index contributed by atoms with van der Waals surface area (Å²) in [6, 6.07) is 14.5. The second kappa shape index (κ2) is 8.88. The second-order valence-electron chi connectivity index (χ2n) is 5.69. The molecule has 5 heteroatoms. The number of benzene rings is 2. The average Bonchev–Trinajstić information content (AvgIpc) is 2.57. The number of rotatable bonds is 4. The Balaban J connectivity index is 1.50. The van der Waals surface area contributed by atoms with Crippen LogP contribution < -0.4 is 0 Å². The lowest BCUT2D eigenvalue weighted by atomic mass is 10.1. The fourth-order valence-corrected chi connectivity index (χ4v) is 5.37. The van der Waals surface area contributed by atoms with Gasteiger partial charge in [0.05, 0.1) is 5.75 Å². The lowest BCUT2D eigenvalue weighted by Crippen LogP contribution is -2.26. The maximum atomic E-state index is 12.1. The minimum atomic E-state index is -0.126. The summed E-state index contributed by atoms with van der Waals surface area (Å²) in [4.78, 5) is 13.2. The topological polar surface area (TPSA) is 26.3 Å². The highest BCUT2D eigenvalue weighted by Crippen LogP contribution is 2.25. The first-order chi connectivity index (χ1) is 11.7. The first-order valence-electron chi connectivity index (χ1n) is 7.84. The summed E-state index contributed by atoms with van der Waals surface area (Å²) in [7, 11) is 0. The standard InChI is InChI=1S/C19H20O2S3/c1-14-9-22-11-17(12-23-10-14)21-19(20)13-24-18-7-6-15-4-2-3-5-16(15)8-18/h2-8,17H,1,9-13H2. The zero-order chi connectivity index (χ0) is 16.8. The molecule has 0 unspecified atom stereocenters. The molecule has 2 aromatic rings. The van der Waals surface area contributed by atoms with Crippen LogP contribution >= 0.6 is 35.3 Å². The molecule has 0 atom stereocenters. The van der Waals surface area contributed by atoms with Crippen molar-refractivity contribution in [2.75, 3.05) is 28.8 Å². The zero-order valence-corrected chi connectivity index (χ0v) is 15.9. The maximum absolute atomic E-state index is 12.1. The van der Waals surface area contributed by atoms with E-state index in [1.165, 1.54) is 28.1 Å². The van der Waals surface area contributed by atoms with E-state index in [4.69, 9.17) is 4.74 Å². The summed E-state index contributed by atoms with van der Waals surface area (Å²) < 4.78 is 5.64. The monoisotopic (exact) mass is 376 g/mol. The Morgan fingerprint density at radius 3 is 2.58 bits per heavy atom. The van der Waals surface area contributed by atoms with Gasteiger partial charge in [0, 0.05) is 27.9 Å². The van der Waals surface area contributed by atoms with E-state index in [1.54, 1.807) is 23.5 Å². The van der Waals surface area contributed by atoms with Crippen LogP contribution in [0.4, 0.5) is 0 Å². The van der Waals surface area contributed by atoms with Crippen molar-refractivity contribution in [3.05, 3.63) is 54.6 Å². The molecule has 0 spiro atoms. The van der Waals surface area contributed by atoms with Gasteiger partial charge in [-0.05, 0) is 22.9 Å². The van der Waals surface area contributed by atoms with E-state index in [1.807, 2.05) is 12.1 Å². The smallest absolute Gasteiger partial charge is 0.316 e. The molecule has 1 heterocycles. The quantitative estimate of drug-likeness (QED) is 0.430. The number of hydrogen-bond donors (Lipinski definition) is 0. The Morgan fingerprint density at radius 2 is 1.83 bits per heavy atom. The summed E-state index contributed by atoms with van der Waals surface area (Å²) in [6.45, 7) is 4.03. The number of hydrogen-bond acceptors (Lipinski definition) is 5. The molecule has 0 amide bonds. The fraction of sp³-hybridized carbons (Fsp3) is 0.316. The van der Waals surface area contributed by atoms with Crippen LogP contribution in [0.1, 0.15) is 0 Å². The molecule has 24 heavy (non-hydrogen) atoms. The van der Waals surface area contributed by atoms with Crippen LogP contribution in [0.5, 0.6) is 0 Å². The van der Waals surface area contributed by atoms with Crippen LogP contribution in [-0.2, 0) is 9.53 Å². The molecule has 0 aliphatic carbocycles. The van der Waals surface area contributed by atoms with Crippen LogP contribution in [0, 0.1) is 0 Å². The van der Waals surface area contributed by atoms with Gasteiger partial charge in [0.2, 0.25) is 0 Å². The van der Waals surface area contributed by atoms with Crippen molar-refractivity contribution in [3.8, 4) is 0 Å². The van der Waals surface area contributed by atoms with Gasteiger partial charge in [-0.2, -0.15) is 23.5 Å². The summed E-state index contributed by atoms with van der Waals surface area (Å²) in [5.41, 5.74) is 1.27. The van der Waals surface area contributed by atoms with Crippen LogP contribution in [0.3, 0.4) is 0 Å².